The van der Waals surface area contributed by atoms with Gasteiger partial charge in [-0.05, 0) is 35.0 Å². The molecule has 2 aromatic rings. The van der Waals surface area contributed by atoms with Crippen molar-refractivity contribution in [2.75, 3.05) is 11.9 Å². The zero-order chi connectivity index (χ0) is 11.5. The van der Waals surface area contributed by atoms with Gasteiger partial charge in [-0.15, -0.1) is 11.3 Å². The Labute approximate surface area is 111 Å². The van der Waals surface area contributed by atoms with E-state index in [1.54, 1.807) is 6.20 Å². The number of hydrogen-bond donors (Lipinski definition) is 1. The van der Waals surface area contributed by atoms with E-state index in [9.17, 15) is 0 Å². The van der Waals surface area contributed by atoms with Crippen LogP contribution in [0, 0.1) is 0 Å². The second-order valence-corrected chi connectivity index (χ2v) is 5.56. The van der Waals surface area contributed by atoms with Gasteiger partial charge in [0.25, 0.3) is 0 Å². The zero-order valence-electron chi connectivity index (χ0n) is 8.50. The Morgan fingerprint density at radius 3 is 3.00 bits per heavy atom. The molecule has 0 aliphatic heterocycles. The lowest BCUT2D eigenvalue weighted by Gasteiger charge is -2.02. The Morgan fingerprint density at radius 1 is 1.56 bits per heavy atom. The van der Waals surface area contributed by atoms with Gasteiger partial charge in [0.1, 0.15) is 0 Å². The smallest absolute Gasteiger partial charge is 0.223 e. The first kappa shape index (κ1) is 11.8. The molecule has 2 aromatic heterocycles. The first-order valence-electron chi connectivity index (χ1n) is 4.73. The molecule has 0 aliphatic rings. The lowest BCUT2D eigenvalue weighted by molar-refractivity contribution is 1.09. The van der Waals surface area contributed by atoms with Crippen LogP contribution in [-0.2, 0) is 0 Å². The maximum Gasteiger partial charge on any atom is 0.223 e. The number of halogens is 2. The molecule has 0 spiro atoms. The third-order valence-electron chi connectivity index (χ3n) is 1.88. The Hall–Kier alpha value is -0.650. The fourth-order valence-corrected chi connectivity index (χ4v) is 3.29. The average Bonchev–Trinajstić information content (AvgIpc) is 2.59. The Bertz CT molecular complexity index is 501. The monoisotopic (exact) mass is 317 g/mol. The second kappa shape index (κ2) is 5.12. The van der Waals surface area contributed by atoms with Gasteiger partial charge in [0, 0.05) is 17.2 Å². The molecule has 0 aliphatic carbocycles. The molecule has 84 valence electrons. The first-order valence-corrected chi connectivity index (χ1v) is 6.71. The normalized spacial score (nSPS) is 10.4. The summed E-state index contributed by atoms with van der Waals surface area (Å²) < 4.78 is 1.70. The second-order valence-electron chi connectivity index (χ2n) is 3.02. The first-order chi connectivity index (χ1) is 7.70. The predicted molar refractivity (Wildman–Crippen MR) is 72.2 cm³/mol. The van der Waals surface area contributed by atoms with Crippen molar-refractivity contribution in [2.45, 2.75) is 6.92 Å². The fraction of sp³-hybridized carbons (Fsp3) is 0.200. The van der Waals surface area contributed by atoms with Crippen molar-refractivity contribution in [1.82, 2.24) is 9.97 Å². The molecule has 0 unspecified atom stereocenters. The topological polar surface area (TPSA) is 37.8 Å². The SMILES string of the molecule is CCNc1nccc(-c2sc(Cl)cc2Br)n1. The summed E-state index contributed by atoms with van der Waals surface area (Å²) in [6.07, 6.45) is 1.74. The Balaban J connectivity index is 2.40. The number of aromatic nitrogens is 2. The highest BCUT2D eigenvalue weighted by Crippen LogP contribution is 2.37. The van der Waals surface area contributed by atoms with E-state index in [1.807, 2.05) is 19.1 Å². The van der Waals surface area contributed by atoms with Crippen LogP contribution in [0.25, 0.3) is 10.6 Å². The summed E-state index contributed by atoms with van der Waals surface area (Å²) in [5.41, 5.74) is 0.870. The summed E-state index contributed by atoms with van der Waals surface area (Å²) in [6, 6.07) is 3.74. The molecule has 3 nitrogen and oxygen atoms in total. The molecule has 2 heterocycles. The van der Waals surface area contributed by atoms with Crippen LogP contribution in [0.5, 0.6) is 0 Å². The summed E-state index contributed by atoms with van der Waals surface area (Å²) in [7, 11) is 0. The van der Waals surface area contributed by atoms with Crippen LogP contribution >= 0.6 is 38.9 Å². The molecular weight excluding hydrogens is 310 g/mol. The van der Waals surface area contributed by atoms with Crippen molar-refractivity contribution in [1.29, 1.82) is 0 Å². The number of thiophene rings is 1. The average molecular weight is 319 g/mol. The third-order valence-corrected chi connectivity index (χ3v) is 4.05. The minimum Gasteiger partial charge on any atom is -0.354 e. The number of anilines is 1. The molecule has 2 rings (SSSR count). The van der Waals surface area contributed by atoms with Crippen molar-refractivity contribution >= 4 is 44.8 Å². The molecule has 1 N–H and O–H groups in total. The molecule has 0 saturated carbocycles. The summed E-state index contributed by atoms with van der Waals surface area (Å²) in [6.45, 7) is 2.81. The maximum absolute atomic E-state index is 5.95. The number of rotatable bonds is 3. The van der Waals surface area contributed by atoms with Crippen LogP contribution in [0.3, 0.4) is 0 Å². The zero-order valence-corrected chi connectivity index (χ0v) is 11.7. The summed E-state index contributed by atoms with van der Waals surface area (Å²) in [4.78, 5) is 9.55. The van der Waals surface area contributed by atoms with Gasteiger partial charge in [-0.3, -0.25) is 0 Å². The van der Waals surface area contributed by atoms with E-state index >= 15 is 0 Å². The van der Waals surface area contributed by atoms with Crippen molar-refractivity contribution in [3.63, 3.8) is 0 Å². The molecule has 0 saturated heterocycles. The minimum atomic E-state index is 0.636. The van der Waals surface area contributed by atoms with Gasteiger partial charge in [-0.2, -0.15) is 0 Å². The Kier molecular flexibility index (Phi) is 3.78. The third kappa shape index (κ3) is 2.53. The van der Waals surface area contributed by atoms with E-state index in [0.717, 1.165) is 25.9 Å². The molecular formula is C10H9BrClN3S. The Morgan fingerprint density at radius 2 is 2.38 bits per heavy atom. The molecule has 6 heteroatoms. The highest BCUT2D eigenvalue weighted by molar-refractivity contribution is 9.10. The summed E-state index contributed by atoms with van der Waals surface area (Å²) in [5, 5.41) is 3.08. The molecule has 16 heavy (non-hydrogen) atoms. The van der Waals surface area contributed by atoms with Crippen molar-refractivity contribution in [3.05, 3.63) is 27.1 Å². The summed E-state index contributed by atoms with van der Waals surface area (Å²) in [5.74, 6) is 0.636. The van der Waals surface area contributed by atoms with Gasteiger partial charge in [-0.25, -0.2) is 9.97 Å². The molecule has 0 radical (unpaired) electrons. The molecule has 0 amide bonds. The molecule has 0 bridgehead atoms. The molecule has 0 fully saturated rings. The fourth-order valence-electron chi connectivity index (χ4n) is 1.24. The van der Waals surface area contributed by atoms with Crippen LogP contribution in [0.15, 0.2) is 22.8 Å². The van der Waals surface area contributed by atoms with E-state index < -0.39 is 0 Å². The van der Waals surface area contributed by atoms with Gasteiger partial charge < -0.3 is 5.32 Å². The van der Waals surface area contributed by atoms with Crippen LogP contribution < -0.4 is 5.32 Å². The standard InChI is InChI=1S/C10H9BrClN3S/c1-2-13-10-14-4-3-7(15-10)9-6(11)5-8(12)16-9/h3-5H,2H2,1H3,(H,13,14,15). The van der Waals surface area contributed by atoms with Gasteiger partial charge in [0.2, 0.25) is 5.95 Å². The van der Waals surface area contributed by atoms with Gasteiger partial charge in [0.05, 0.1) is 14.9 Å². The van der Waals surface area contributed by atoms with Crippen LogP contribution in [0.4, 0.5) is 5.95 Å². The lowest BCUT2D eigenvalue weighted by Crippen LogP contribution is -2.01. The number of hydrogen-bond acceptors (Lipinski definition) is 4. The van der Waals surface area contributed by atoms with Gasteiger partial charge in [0.15, 0.2) is 0 Å². The maximum atomic E-state index is 5.95. The van der Waals surface area contributed by atoms with Crippen LogP contribution in [0.2, 0.25) is 4.34 Å². The van der Waals surface area contributed by atoms with Crippen LogP contribution in [0.1, 0.15) is 6.92 Å². The van der Waals surface area contributed by atoms with Crippen molar-refractivity contribution in [3.8, 4) is 10.6 Å². The minimum absolute atomic E-state index is 0.636. The quantitative estimate of drug-likeness (QED) is 0.927. The highest BCUT2D eigenvalue weighted by atomic mass is 79.9. The van der Waals surface area contributed by atoms with Crippen LogP contribution in [-0.4, -0.2) is 16.5 Å². The number of nitrogens with zero attached hydrogens (tertiary/aromatic N) is 2. The van der Waals surface area contributed by atoms with Crippen molar-refractivity contribution in [2.24, 2.45) is 0 Å². The van der Waals surface area contributed by atoms with E-state index in [-0.39, 0.29) is 0 Å². The van der Waals surface area contributed by atoms with E-state index in [4.69, 9.17) is 11.6 Å². The van der Waals surface area contributed by atoms with Gasteiger partial charge >= 0.3 is 0 Å². The van der Waals surface area contributed by atoms with Crippen molar-refractivity contribution < 1.29 is 0 Å². The lowest BCUT2D eigenvalue weighted by atomic mass is 10.3. The number of nitrogens with one attached hydrogen (secondary N) is 1. The van der Waals surface area contributed by atoms with E-state index in [1.165, 1.54) is 11.3 Å². The van der Waals surface area contributed by atoms with E-state index in [2.05, 4.69) is 31.2 Å². The summed E-state index contributed by atoms with van der Waals surface area (Å²) >= 11 is 10.9. The molecule has 0 aromatic carbocycles. The predicted octanol–water partition coefficient (Wildman–Crippen LogP) is 4.05. The van der Waals surface area contributed by atoms with Gasteiger partial charge in [-0.1, -0.05) is 11.6 Å². The molecule has 0 atom stereocenters. The highest BCUT2D eigenvalue weighted by Gasteiger charge is 2.10. The van der Waals surface area contributed by atoms with E-state index in [0.29, 0.717) is 5.95 Å². The largest absolute Gasteiger partial charge is 0.354 e.